The molecule has 0 radical (unpaired) electrons. The molecule has 0 unspecified atom stereocenters. The second-order valence-corrected chi connectivity index (χ2v) is 15.4. The van der Waals surface area contributed by atoms with Crippen molar-refractivity contribution >= 4 is 59.0 Å². The second kappa shape index (κ2) is 13.9. The van der Waals surface area contributed by atoms with E-state index < -0.39 is 0 Å². The minimum absolute atomic E-state index is 0.395. The summed E-state index contributed by atoms with van der Waals surface area (Å²) in [4.78, 5) is 26.9. The van der Waals surface area contributed by atoms with Gasteiger partial charge in [0.2, 0.25) is 0 Å². The Labute approximate surface area is 255 Å². The molecule has 8 heteroatoms. The van der Waals surface area contributed by atoms with Crippen molar-refractivity contribution in [2.24, 2.45) is 9.98 Å². The maximum atomic E-state index is 4.62. The fraction of sp³-hybridized carbons (Fsp3) is 0. The Hall–Kier alpha value is -4.58. The molecule has 0 saturated carbocycles. The summed E-state index contributed by atoms with van der Waals surface area (Å²) >= 11 is 0.790. The van der Waals surface area contributed by atoms with Crippen LogP contribution >= 0.6 is 0 Å². The molecule has 6 aromatic rings. The third-order valence-electron chi connectivity index (χ3n) is 6.06. The molecular weight excluding hydrogens is 650 g/mol. The van der Waals surface area contributed by atoms with Gasteiger partial charge in [-0.15, -0.1) is 0 Å². The molecule has 202 valence electrons. The zero-order valence-electron chi connectivity index (χ0n) is 22.4. The maximum absolute atomic E-state index is 4.62. The topological polar surface area (TPSA) is 76.3 Å². The molecule has 0 atom stereocenters. The number of pyridine rings is 4. The van der Waals surface area contributed by atoms with Gasteiger partial charge in [-0.2, -0.15) is 0 Å². The average Bonchev–Trinajstić information content (AvgIpc) is 3.08. The molecule has 0 bridgehead atoms. The molecule has 0 fully saturated rings. The normalized spacial score (nSPS) is 11.3. The van der Waals surface area contributed by atoms with E-state index in [0.29, 0.717) is 26.3 Å². The van der Waals surface area contributed by atoms with Gasteiger partial charge in [-0.25, -0.2) is 0 Å². The summed E-state index contributed by atoms with van der Waals surface area (Å²) in [6.45, 7) is 0. The van der Waals surface area contributed by atoms with E-state index in [4.69, 9.17) is 0 Å². The molecule has 42 heavy (non-hydrogen) atoms. The van der Waals surface area contributed by atoms with E-state index >= 15 is 0 Å². The van der Waals surface area contributed by atoms with Crippen LogP contribution in [0, 0.1) is 0 Å². The fourth-order valence-electron chi connectivity index (χ4n) is 3.86. The first-order chi connectivity index (χ1) is 20.8. The molecule has 4 heterocycles. The molecule has 0 saturated heterocycles. The quantitative estimate of drug-likeness (QED) is 0.153. The van der Waals surface area contributed by atoms with Crippen molar-refractivity contribution in [2.45, 2.75) is 0 Å². The first-order valence-corrected chi connectivity index (χ1v) is 19.2. The first kappa shape index (κ1) is 27.6. The van der Waals surface area contributed by atoms with E-state index in [0.717, 1.165) is 45.3 Å². The van der Waals surface area contributed by atoms with Crippen LogP contribution in [-0.2, 0) is 0 Å². The van der Waals surface area contributed by atoms with Crippen molar-refractivity contribution < 1.29 is 0 Å². The first-order valence-electron chi connectivity index (χ1n) is 13.2. The van der Waals surface area contributed by atoms with Crippen molar-refractivity contribution in [1.82, 2.24) is 19.9 Å². The molecule has 0 N–H and O–H groups in total. The molecule has 0 aliphatic rings. The Bertz CT molecular complexity index is 1640. The second-order valence-electron chi connectivity index (χ2n) is 9.05. The number of hydrogen-bond acceptors (Lipinski definition) is 6. The van der Waals surface area contributed by atoms with E-state index in [9.17, 15) is 0 Å². The molecule has 0 aliphatic carbocycles. The molecule has 6 rings (SSSR count). The Morgan fingerprint density at radius 1 is 0.429 bits per heavy atom. The van der Waals surface area contributed by atoms with E-state index in [2.05, 4.69) is 78.5 Å². The van der Waals surface area contributed by atoms with Gasteiger partial charge in [0.05, 0.1) is 0 Å². The monoisotopic (exact) mass is 676 g/mol. The predicted molar refractivity (Wildman–Crippen MR) is 173 cm³/mol. The number of hydrogen-bond donors (Lipinski definition) is 0. The van der Waals surface area contributed by atoms with Crippen molar-refractivity contribution in [3.8, 4) is 22.8 Å². The van der Waals surface area contributed by atoms with Gasteiger partial charge in [0.15, 0.2) is 0 Å². The van der Waals surface area contributed by atoms with E-state index in [1.807, 2.05) is 85.5 Å². The Kier molecular flexibility index (Phi) is 9.10. The summed E-state index contributed by atoms with van der Waals surface area (Å²) < 4.78 is 2.73. The molecular formula is C34H24N6Se2. The third-order valence-corrected chi connectivity index (χ3v) is 13.3. The number of rotatable bonds is 9. The van der Waals surface area contributed by atoms with Gasteiger partial charge in [0, 0.05) is 12.4 Å². The zero-order chi connectivity index (χ0) is 28.4. The van der Waals surface area contributed by atoms with Crippen LogP contribution < -0.4 is 8.92 Å². The van der Waals surface area contributed by atoms with Gasteiger partial charge in [0.1, 0.15) is 0 Å². The van der Waals surface area contributed by atoms with Crippen molar-refractivity contribution in [2.75, 3.05) is 0 Å². The number of aromatic nitrogens is 4. The van der Waals surface area contributed by atoms with Crippen LogP contribution in [0.5, 0.6) is 0 Å². The van der Waals surface area contributed by atoms with Crippen LogP contribution in [-0.4, -0.2) is 58.6 Å². The van der Waals surface area contributed by atoms with Gasteiger partial charge in [-0.05, 0) is 12.1 Å². The minimum atomic E-state index is 0.395. The molecule has 2 aromatic carbocycles. The van der Waals surface area contributed by atoms with Gasteiger partial charge < -0.3 is 0 Å². The summed E-state index contributed by atoms with van der Waals surface area (Å²) in [6.07, 6.45) is 10.9. The van der Waals surface area contributed by atoms with Crippen molar-refractivity contribution in [3.05, 3.63) is 145 Å². The average molecular weight is 675 g/mol. The van der Waals surface area contributed by atoms with Crippen LogP contribution in [0.4, 0.5) is 11.4 Å². The van der Waals surface area contributed by atoms with Gasteiger partial charge in [-0.1, -0.05) is 12.1 Å². The molecule has 4 aromatic heterocycles. The van der Waals surface area contributed by atoms with E-state index in [1.54, 1.807) is 12.4 Å². The number of aliphatic imine (C=N–C) groups is 2. The van der Waals surface area contributed by atoms with Gasteiger partial charge >= 0.3 is 220 Å². The number of nitrogens with zero attached hydrogens (tertiary/aromatic N) is 6. The fourth-order valence-corrected chi connectivity index (χ4v) is 9.83. The van der Waals surface area contributed by atoms with Gasteiger partial charge in [0.25, 0.3) is 0 Å². The Morgan fingerprint density at radius 3 is 1.21 bits per heavy atom. The Balaban J connectivity index is 0.989. The molecule has 0 aliphatic heterocycles. The summed E-state index contributed by atoms with van der Waals surface area (Å²) in [5.41, 5.74) is 7.19. The molecule has 0 spiro atoms. The van der Waals surface area contributed by atoms with E-state index in [1.165, 1.54) is 8.92 Å². The van der Waals surface area contributed by atoms with Crippen LogP contribution in [0.2, 0.25) is 0 Å². The molecule has 6 nitrogen and oxygen atoms in total. The van der Waals surface area contributed by atoms with Gasteiger partial charge in [-0.3, -0.25) is 0 Å². The summed E-state index contributed by atoms with van der Waals surface area (Å²) in [7, 11) is 0. The van der Waals surface area contributed by atoms with Crippen LogP contribution in [0.25, 0.3) is 22.8 Å². The predicted octanol–water partition coefficient (Wildman–Crippen LogP) is 5.38. The SMILES string of the molecule is C(=Nc1ccc([Se][Se]c2ccc(N=Cc3ccc(-c4ccccn4)nc3)cc2)cc1)c1ccc(-c2ccccn2)nc1. The summed E-state index contributed by atoms with van der Waals surface area (Å²) in [5, 5.41) is 0. The third kappa shape index (κ3) is 7.58. The van der Waals surface area contributed by atoms with Crippen LogP contribution in [0.3, 0.4) is 0 Å². The summed E-state index contributed by atoms with van der Waals surface area (Å²) in [5.74, 6) is 0. The number of benzene rings is 2. The van der Waals surface area contributed by atoms with Crippen LogP contribution in [0.15, 0.2) is 144 Å². The standard InChI is InChI=1S/C34H24N6Se2/c1-3-19-35-31(5-1)33-17-7-25(23-39-33)21-37-27-9-13-29(14-10-27)41-42-30-15-11-28(12-16-30)38-22-26-8-18-34(40-24-26)32-6-2-4-20-36-32/h1-24H. The van der Waals surface area contributed by atoms with Crippen LogP contribution in [0.1, 0.15) is 11.1 Å². The zero-order valence-corrected chi connectivity index (χ0v) is 25.8. The summed E-state index contributed by atoms with van der Waals surface area (Å²) in [6, 6.07) is 36.6. The molecule has 0 amide bonds. The van der Waals surface area contributed by atoms with Crippen molar-refractivity contribution in [1.29, 1.82) is 0 Å². The Morgan fingerprint density at radius 2 is 0.857 bits per heavy atom. The van der Waals surface area contributed by atoms with E-state index in [-0.39, 0.29) is 0 Å². The van der Waals surface area contributed by atoms with Crippen molar-refractivity contribution in [3.63, 3.8) is 0 Å².